The van der Waals surface area contributed by atoms with Crippen molar-refractivity contribution in [3.63, 3.8) is 0 Å². The third-order valence-electron chi connectivity index (χ3n) is 1.55. The Labute approximate surface area is 85.8 Å². The van der Waals surface area contributed by atoms with E-state index in [4.69, 9.17) is 0 Å². The SMILES string of the molecule is CP(C)(=O)Cc1ccc(Br)c(F)c1. The molecule has 1 aromatic rings. The molecule has 0 radical (unpaired) electrons. The van der Waals surface area contributed by atoms with Gasteiger partial charge in [-0.3, -0.25) is 0 Å². The molecule has 0 N–H and O–H groups in total. The van der Waals surface area contributed by atoms with Gasteiger partial charge in [0.2, 0.25) is 0 Å². The zero-order valence-corrected chi connectivity index (χ0v) is 10.0. The summed E-state index contributed by atoms with van der Waals surface area (Å²) < 4.78 is 24.9. The fourth-order valence-electron chi connectivity index (χ4n) is 1.08. The molecule has 0 fully saturated rings. The van der Waals surface area contributed by atoms with E-state index in [1.54, 1.807) is 25.5 Å². The molecule has 0 bridgehead atoms. The Morgan fingerprint density at radius 3 is 2.54 bits per heavy atom. The fourth-order valence-corrected chi connectivity index (χ4v) is 2.40. The molecule has 0 aliphatic carbocycles. The number of rotatable bonds is 2. The van der Waals surface area contributed by atoms with Crippen molar-refractivity contribution in [3.05, 3.63) is 34.1 Å². The zero-order chi connectivity index (χ0) is 10.1. The van der Waals surface area contributed by atoms with Crippen LogP contribution >= 0.6 is 23.1 Å². The largest absolute Gasteiger partial charge is 0.324 e. The molecule has 0 amide bonds. The first kappa shape index (κ1) is 10.9. The highest BCUT2D eigenvalue weighted by Gasteiger charge is 2.09. The van der Waals surface area contributed by atoms with Gasteiger partial charge in [0.25, 0.3) is 0 Å². The molecule has 0 saturated heterocycles. The average molecular weight is 265 g/mol. The number of benzene rings is 1. The first-order chi connectivity index (χ1) is 5.88. The first-order valence-electron chi connectivity index (χ1n) is 3.86. The standard InChI is InChI=1S/C9H11BrFOP/c1-13(2,12)6-7-3-4-8(10)9(11)5-7/h3-5H,6H2,1-2H3. The predicted octanol–water partition coefficient (Wildman–Crippen LogP) is 3.71. The molecule has 0 unspecified atom stereocenters. The number of hydrogen-bond acceptors (Lipinski definition) is 1. The summed E-state index contributed by atoms with van der Waals surface area (Å²) in [6.07, 6.45) is 0.456. The van der Waals surface area contributed by atoms with Crippen LogP contribution in [0.15, 0.2) is 22.7 Å². The highest BCUT2D eigenvalue weighted by molar-refractivity contribution is 9.10. The van der Waals surface area contributed by atoms with Gasteiger partial charge in [-0.15, -0.1) is 0 Å². The molecule has 1 aromatic carbocycles. The van der Waals surface area contributed by atoms with E-state index in [1.807, 2.05) is 0 Å². The Kier molecular flexibility index (Phi) is 3.31. The van der Waals surface area contributed by atoms with E-state index >= 15 is 0 Å². The molecule has 0 aliphatic heterocycles. The average Bonchev–Trinajstić information content (AvgIpc) is 1.94. The Balaban J connectivity index is 2.92. The second-order valence-corrected chi connectivity index (χ2v) is 7.80. The van der Waals surface area contributed by atoms with Crippen LogP contribution in [0.4, 0.5) is 4.39 Å². The quantitative estimate of drug-likeness (QED) is 0.745. The summed E-state index contributed by atoms with van der Waals surface area (Å²) in [6.45, 7) is 3.40. The Bertz CT molecular complexity index is 359. The number of halogens is 2. The minimum absolute atomic E-state index is 0.300. The highest BCUT2D eigenvalue weighted by Crippen LogP contribution is 2.40. The van der Waals surface area contributed by atoms with E-state index in [9.17, 15) is 8.96 Å². The molecule has 0 atom stereocenters. The van der Waals surface area contributed by atoms with Gasteiger partial charge in [0, 0.05) is 6.16 Å². The summed E-state index contributed by atoms with van der Waals surface area (Å²) in [7, 11) is -2.10. The lowest BCUT2D eigenvalue weighted by Crippen LogP contribution is -1.87. The van der Waals surface area contributed by atoms with E-state index < -0.39 is 7.14 Å². The molecule has 0 heterocycles. The van der Waals surface area contributed by atoms with Crippen LogP contribution in [0.25, 0.3) is 0 Å². The zero-order valence-electron chi connectivity index (χ0n) is 7.55. The molecule has 1 rings (SSSR count). The van der Waals surface area contributed by atoms with Crippen molar-refractivity contribution in [2.75, 3.05) is 13.3 Å². The molecule has 4 heteroatoms. The summed E-state index contributed by atoms with van der Waals surface area (Å²) in [5.41, 5.74) is 0.786. The van der Waals surface area contributed by atoms with Crippen LogP contribution in [-0.2, 0) is 10.7 Å². The van der Waals surface area contributed by atoms with E-state index in [0.717, 1.165) is 5.56 Å². The normalized spacial score (nSPS) is 11.7. The molecule has 0 aliphatic rings. The number of hydrogen-bond donors (Lipinski definition) is 0. The lowest BCUT2D eigenvalue weighted by atomic mass is 10.2. The van der Waals surface area contributed by atoms with Crippen LogP contribution in [0.3, 0.4) is 0 Å². The van der Waals surface area contributed by atoms with Crippen LogP contribution in [-0.4, -0.2) is 13.3 Å². The lowest BCUT2D eigenvalue weighted by Gasteiger charge is -2.06. The fraction of sp³-hybridized carbons (Fsp3) is 0.333. The van der Waals surface area contributed by atoms with Gasteiger partial charge in [0.15, 0.2) is 0 Å². The van der Waals surface area contributed by atoms with E-state index in [0.29, 0.717) is 10.6 Å². The molecule has 0 aromatic heterocycles. The first-order valence-corrected chi connectivity index (χ1v) is 7.44. The molecule has 72 valence electrons. The van der Waals surface area contributed by atoms with Gasteiger partial charge in [-0.2, -0.15) is 0 Å². The van der Waals surface area contributed by atoms with Gasteiger partial charge < -0.3 is 4.57 Å². The van der Waals surface area contributed by atoms with Crippen LogP contribution in [0.5, 0.6) is 0 Å². The van der Waals surface area contributed by atoms with Crippen molar-refractivity contribution in [3.8, 4) is 0 Å². The molecule has 0 saturated carbocycles. The minimum Gasteiger partial charge on any atom is -0.324 e. The van der Waals surface area contributed by atoms with Crippen molar-refractivity contribution in [2.45, 2.75) is 6.16 Å². The maximum absolute atomic E-state index is 13.0. The third-order valence-corrected chi connectivity index (χ3v) is 3.32. The monoisotopic (exact) mass is 264 g/mol. The van der Waals surface area contributed by atoms with Gasteiger partial charge in [-0.25, -0.2) is 4.39 Å². The Morgan fingerprint density at radius 2 is 2.08 bits per heavy atom. The third kappa shape index (κ3) is 3.61. The van der Waals surface area contributed by atoms with Gasteiger partial charge in [-0.05, 0) is 47.0 Å². The molecular weight excluding hydrogens is 254 g/mol. The molecule has 1 nitrogen and oxygen atoms in total. The molecule has 0 spiro atoms. The summed E-state index contributed by atoms with van der Waals surface area (Å²) in [4.78, 5) is 0. The van der Waals surface area contributed by atoms with Gasteiger partial charge in [0.1, 0.15) is 5.82 Å². The minimum atomic E-state index is -2.10. The lowest BCUT2D eigenvalue weighted by molar-refractivity contribution is 0.581. The maximum atomic E-state index is 13.0. The second kappa shape index (κ2) is 3.93. The van der Waals surface area contributed by atoms with Crippen LogP contribution in [0.2, 0.25) is 0 Å². The van der Waals surface area contributed by atoms with Gasteiger partial charge in [0.05, 0.1) is 11.6 Å². The highest BCUT2D eigenvalue weighted by atomic mass is 79.9. The van der Waals surface area contributed by atoms with Crippen LogP contribution in [0, 0.1) is 5.82 Å². The predicted molar refractivity (Wildman–Crippen MR) is 57.3 cm³/mol. The van der Waals surface area contributed by atoms with E-state index in [1.165, 1.54) is 6.07 Å². The smallest absolute Gasteiger partial charge is 0.137 e. The molecule has 13 heavy (non-hydrogen) atoms. The van der Waals surface area contributed by atoms with Crippen molar-refractivity contribution < 1.29 is 8.96 Å². The second-order valence-electron chi connectivity index (χ2n) is 3.48. The maximum Gasteiger partial charge on any atom is 0.137 e. The van der Waals surface area contributed by atoms with Gasteiger partial charge in [-0.1, -0.05) is 6.07 Å². The van der Waals surface area contributed by atoms with Crippen molar-refractivity contribution >= 4 is 23.1 Å². The van der Waals surface area contributed by atoms with E-state index in [2.05, 4.69) is 15.9 Å². The van der Waals surface area contributed by atoms with E-state index in [-0.39, 0.29) is 5.82 Å². The van der Waals surface area contributed by atoms with Crippen molar-refractivity contribution in [1.29, 1.82) is 0 Å². The van der Waals surface area contributed by atoms with Gasteiger partial charge >= 0.3 is 0 Å². The summed E-state index contributed by atoms with van der Waals surface area (Å²) in [5, 5.41) is 0. The Morgan fingerprint density at radius 1 is 1.46 bits per heavy atom. The summed E-state index contributed by atoms with van der Waals surface area (Å²) >= 11 is 3.06. The van der Waals surface area contributed by atoms with Crippen LogP contribution < -0.4 is 0 Å². The summed E-state index contributed by atoms with van der Waals surface area (Å²) in [5.74, 6) is -0.300. The molecular formula is C9H11BrFOP. The Hall–Kier alpha value is -0.140. The van der Waals surface area contributed by atoms with Crippen molar-refractivity contribution in [2.24, 2.45) is 0 Å². The summed E-state index contributed by atoms with van der Waals surface area (Å²) in [6, 6.07) is 4.84. The topological polar surface area (TPSA) is 17.1 Å². The van der Waals surface area contributed by atoms with Crippen molar-refractivity contribution in [1.82, 2.24) is 0 Å². The van der Waals surface area contributed by atoms with Crippen LogP contribution in [0.1, 0.15) is 5.56 Å².